The largest absolute Gasteiger partial charge is 0.494 e. The monoisotopic (exact) mass is 462 g/mol. The van der Waals surface area contributed by atoms with Crippen molar-refractivity contribution in [2.75, 3.05) is 13.7 Å². The summed E-state index contributed by atoms with van der Waals surface area (Å²) in [5.41, 5.74) is 4.40. The number of methoxy groups -OCH3 is 1. The molecule has 0 bridgehead atoms. The minimum absolute atomic E-state index is 0.0145. The van der Waals surface area contributed by atoms with Gasteiger partial charge in [0.15, 0.2) is 0 Å². The summed E-state index contributed by atoms with van der Waals surface area (Å²) in [6.07, 6.45) is 0.289. The van der Waals surface area contributed by atoms with E-state index in [1.807, 2.05) is 66.5 Å². The van der Waals surface area contributed by atoms with E-state index in [4.69, 9.17) is 30.9 Å². The predicted molar refractivity (Wildman–Crippen MR) is 126 cm³/mol. The van der Waals surface area contributed by atoms with Crippen LogP contribution in [0.25, 0.3) is 0 Å². The van der Waals surface area contributed by atoms with Gasteiger partial charge in [0, 0.05) is 22.6 Å². The lowest BCUT2D eigenvalue weighted by Crippen LogP contribution is -2.33. The molecule has 0 unspecified atom stereocenters. The molecular formula is C26H23ClN2O4. The Bertz CT molecular complexity index is 1210. The summed E-state index contributed by atoms with van der Waals surface area (Å²) in [5.74, 6) is 1.24. The van der Waals surface area contributed by atoms with Crippen molar-refractivity contribution >= 4 is 23.3 Å². The van der Waals surface area contributed by atoms with Crippen molar-refractivity contribution in [1.29, 1.82) is 0 Å². The smallest absolute Gasteiger partial charge is 0.337 e. The van der Waals surface area contributed by atoms with Crippen molar-refractivity contribution in [3.05, 3.63) is 94.0 Å². The van der Waals surface area contributed by atoms with Gasteiger partial charge in [0.2, 0.25) is 6.23 Å². The number of carbonyl (C=O) groups is 1. The molecule has 6 nitrogen and oxygen atoms in total. The molecule has 7 heteroatoms. The van der Waals surface area contributed by atoms with Gasteiger partial charge in [-0.2, -0.15) is 5.10 Å². The number of hydrazone groups is 1. The number of hydrogen-bond acceptors (Lipinski definition) is 6. The predicted octanol–water partition coefficient (Wildman–Crippen LogP) is 5.77. The van der Waals surface area contributed by atoms with E-state index in [-0.39, 0.29) is 12.0 Å². The summed E-state index contributed by atoms with van der Waals surface area (Å²) in [5, 5.41) is 7.61. The second-order valence-electron chi connectivity index (χ2n) is 7.87. The third-order valence-corrected chi connectivity index (χ3v) is 6.10. The van der Waals surface area contributed by atoms with Crippen molar-refractivity contribution in [2.24, 2.45) is 5.10 Å². The molecule has 3 aromatic rings. The highest BCUT2D eigenvalue weighted by molar-refractivity contribution is 6.30. The molecule has 0 radical (unpaired) electrons. The third kappa shape index (κ3) is 4.02. The van der Waals surface area contributed by atoms with E-state index in [9.17, 15) is 4.79 Å². The topological polar surface area (TPSA) is 60.4 Å². The number of nitrogens with zero attached hydrogens (tertiary/aromatic N) is 2. The molecule has 2 atom stereocenters. The molecule has 0 amide bonds. The average molecular weight is 463 g/mol. The zero-order chi connectivity index (χ0) is 22.9. The normalized spacial score (nSPS) is 18.6. The minimum atomic E-state index is -0.435. The summed E-state index contributed by atoms with van der Waals surface area (Å²) < 4.78 is 16.8. The molecule has 0 saturated heterocycles. The maximum atomic E-state index is 11.8. The second kappa shape index (κ2) is 8.79. The Balaban J connectivity index is 1.51. The molecule has 0 aromatic heterocycles. The van der Waals surface area contributed by atoms with Crippen LogP contribution in [0.15, 0.2) is 71.8 Å². The molecule has 0 aliphatic carbocycles. The highest BCUT2D eigenvalue weighted by Crippen LogP contribution is 2.48. The molecule has 33 heavy (non-hydrogen) atoms. The van der Waals surface area contributed by atoms with Crippen molar-refractivity contribution in [2.45, 2.75) is 25.6 Å². The van der Waals surface area contributed by atoms with Crippen molar-refractivity contribution in [3.8, 4) is 11.5 Å². The zero-order valence-corrected chi connectivity index (χ0v) is 19.1. The number of halogens is 1. The highest BCUT2D eigenvalue weighted by atomic mass is 35.5. The van der Waals surface area contributed by atoms with Crippen LogP contribution < -0.4 is 9.47 Å². The van der Waals surface area contributed by atoms with Crippen molar-refractivity contribution in [1.82, 2.24) is 5.01 Å². The number of rotatable bonds is 5. The number of ether oxygens (including phenoxy) is 3. The van der Waals surface area contributed by atoms with Gasteiger partial charge in [-0.1, -0.05) is 23.7 Å². The van der Waals surface area contributed by atoms with Crippen molar-refractivity contribution in [3.63, 3.8) is 0 Å². The fourth-order valence-corrected chi connectivity index (χ4v) is 4.45. The highest BCUT2D eigenvalue weighted by Gasteiger charge is 2.41. The molecule has 5 rings (SSSR count). The second-order valence-corrected chi connectivity index (χ2v) is 8.31. The number of carbonyl (C=O) groups excluding carboxylic acids is 1. The Hall–Kier alpha value is -3.51. The van der Waals surface area contributed by atoms with E-state index in [2.05, 4.69) is 0 Å². The van der Waals surface area contributed by atoms with Crippen molar-refractivity contribution < 1.29 is 19.0 Å². The van der Waals surface area contributed by atoms with Gasteiger partial charge in [-0.3, -0.25) is 0 Å². The first kappa shape index (κ1) is 21.3. The number of esters is 1. The first-order valence-corrected chi connectivity index (χ1v) is 11.2. The molecule has 3 aromatic carbocycles. The molecule has 0 saturated carbocycles. The van der Waals surface area contributed by atoms with Crippen LogP contribution in [0.2, 0.25) is 5.02 Å². The zero-order valence-electron chi connectivity index (χ0n) is 18.3. The van der Waals surface area contributed by atoms with Crippen LogP contribution in [-0.4, -0.2) is 30.4 Å². The van der Waals surface area contributed by atoms with Crippen LogP contribution in [0.5, 0.6) is 11.5 Å². The summed E-state index contributed by atoms with van der Waals surface area (Å²) in [4.78, 5) is 11.8. The number of fused-ring (bicyclic) bond motifs is 3. The Kier molecular flexibility index (Phi) is 5.68. The Labute approximate surface area is 197 Å². The molecule has 2 aliphatic heterocycles. The van der Waals surface area contributed by atoms with E-state index in [1.54, 1.807) is 12.1 Å². The SMILES string of the molecule is CCOc1ccc(C2=NN3[C@H](C2)c2cc(Cl)ccc2O[C@@H]3c2ccc(C(=O)OC)cc2)cc1. The molecule has 0 N–H and O–H groups in total. The van der Waals surface area contributed by atoms with E-state index in [1.165, 1.54) is 7.11 Å². The number of benzene rings is 3. The summed E-state index contributed by atoms with van der Waals surface area (Å²) in [6, 6.07) is 20.9. The summed E-state index contributed by atoms with van der Waals surface area (Å²) in [7, 11) is 1.37. The first-order chi connectivity index (χ1) is 16.1. The van der Waals surface area contributed by atoms with Gasteiger partial charge in [0.05, 0.1) is 31.0 Å². The average Bonchev–Trinajstić information content (AvgIpc) is 3.30. The van der Waals surface area contributed by atoms with Gasteiger partial charge in [0.1, 0.15) is 11.5 Å². The lowest BCUT2D eigenvalue weighted by atomic mass is 9.95. The van der Waals surface area contributed by atoms with E-state index >= 15 is 0 Å². The van der Waals surface area contributed by atoms with E-state index in [0.717, 1.165) is 40.3 Å². The van der Waals surface area contributed by atoms with Gasteiger partial charge in [0.25, 0.3) is 0 Å². The summed E-state index contributed by atoms with van der Waals surface area (Å²) >= 11 is 6.31. The Morgan fingerprint density at radius 2 is 1.88 bits per heavy atom. The fourth-order valence-electron chi connectivity index (χ4n) is 4.26. The molecule has 0 spiro atoms. The van der Waals surface area contributed by atoms with Crippen LogP contribution in [0, 0.1) is 0 Å². The van der Waals surface area contributed by atoms with E-state index < -0.39 is 6.23 Å². The van der Waals surface area contributed by atoms with Gasteiger partial charge in [-0.15, -0.1) is 0 Å². The molecule has 2 heterocycles. The van der Waals surface area contributed by atoms with Gasteiger partial charge >= 0.3 is 5.97 Å². The third-order valence-electron chi connectivity index (χ3n) is 5.87. The molecule has 2 aliphatic rings. The summed E-state index contributed by atoms with van der Waals surface area (Å²) in [6.45, 7) is 2.59. The van der Waals surface area contributed by atoms with Crippen LogP contribution in [-0.2, 0) is 4.74 Å². The Morgan fingerprint density at radius 3 is 2.58 bits per heavy atom. The van der Waals surface area contributed by atoms with Crippen LogP contribution in [0.1, 0.15) is 52.7 Å². The maximum Gasteiger partial charge on any atom is 0.337 e. The lowest BCUT2D eigenvalue weighted by molar-refractivity contribution is -0.0190. The van der Waals surface area contributed by atoms with Crippen LogP contribution in [0.4, 0.5) is 0 Å². The van der Waals surface area contributed by atoms with Gasteiger partial charge in [-0.05, 0) is 67.1 Å². The first-order valence-electron chi connectivity index (χ1n) is 10.8. The quantitative estimate of drug-likeness (QED) is 0.450. The fraction of sp³-hybridized carbons (Fsp3) is 0.231. The standard InChI is InChI=1S/C26H23ClN2O4/c1-3-32-20-11-8-16(9-12-20)22-15-23-21-14-19(27)10-13-24(21)33-25(29(23)28-22)17-4-6-18(7-5-17)26(30)31-2/h4-14,23,25H,3,15H2,1-2H3/t23-,25-/m1/s1. The minimum Gasteiger partial charge on any atom is -0.494 e. The van der Waals surface area contributed by atoms with Crippen LogP contribution >= 0.6 is 11.6 Å². The Morgan fingerprint density at radius 1 is 1.12 bits per heavy atom. The van der Waals surface area contributed by atoms with E-state index in [0.29, 0.717) is 17.2 Å². The molecular weight excluding hydrogens is 440 g/mol. The molecule has 0 fully saturated rings. The van der Waals surface area contributed by atoms with Crippen LogP contribution in [0.3, 0.4) is 0 Å². The van der Waals surface area contributed by atoms with Gasteiger partial charge in [-0.25, -0.2) is 9.80 Å². The maximum absolute atomic E-state index is 11.8. The number of hydrogen-bond donors (Lipinski definition) is 0. The van der Waals surface area contributed by atoms with Gasteiger partial charge < -0.3 is 14.2 Å². The molecule has 168 valence electrons. The lowest BCUT2D eigenvalue weighted by Gasteiger charge is -2.38.